The van der Waals surface area contributed by atoms with Gasteiger partial charge in [-0.1, -0.05) is 66.0 Å². The lowest BCUT2D eigenvalue weighted by atomic mass is 9.85. The maximum Gasteiger partial charge on any atom is 0.346 e. The van der Waals surface area contributed by atoms with Crippen molar-refractivity contribution in [2.45, 2.75) is 50.2 Å². The molecule has 13 heteroatoms. The van der Waals surface area contributed by atoms with Gasteiger partial charge in [0.05, 0.1) is 14.2 Å². The molecule has 3 atom stereocenters. The van der Waals surface area contributed by atoms with Crippen LogP contribution in [0.2, 0.25) is 10.0 Å². The molecule has 0 radical (unpaired) electrons. The second-order valence-electron chi connectivity index (χ2n) is 12.0. The number of piperidine rings is 1. The summed E-state index contributed by atoms with van der Waals surface area (Å²) < 4.78 is 17.6. The summed E-state index contributed by atoms with van der Waals surface area (Å²) in [5.41, 5.74) is 2.56. The Morgan fingerprint density at radius 1 is 1.02 bits per heavy atom. The highest BCUT2D eigenvalue weighted by Gasteiger charge is 2.30. The first-order chi connectivity index (χ1) is 23.6. The smallest absolute Gasteiger partial charge is 0.346 e. The summed E-state index contributed by atoms with van der Waals surface area (Å²) in [6, 6.07) is 16.0. The minimum atomic E-state index is -1.09. The number of carboxylic acids is 1. The molecule has 260 valence electrons. The summed E-state index contributed by atoms with van der Waals surface area (Å²) in [5.74, 6) is -1.03. The Kier molecular flexibility index (Phi) is 12.4. The number of likely N-dealkylation sites (N-methyl/N-ethyl adjacent to an activating group) is 1. The Balaban J connectivity index is 1.47. The minimum Gasteiger partial charge on any atom is -0.493 e. The standard InChI is InChI=1S/C36H39Cl2N3O7S/c1-40-14-8-7-11-24(40)21-48-36(44)33(22-9-5-4-6-10-22)39-18-25-16-27(34(49-25)35(42)43)26(17-28-29(37)19-41(45)20-30(28)38)23-12-13-31(46-2)32(15-23)47-3/h4-6,9-10,12-13,15-16,19-20,24,26,33,39H,7-8,11,14,17-18,21H2,1-3H3,(H-,42,43,45)/p+1/t24?,26-,33?/m0/s1. The Morgan fingerprint density at radius 3 is 2.39 bits per heavy atom. The molecule has 1 aliphatic rings. The van der Waals surface area contributed by atoms with E-state index in [2.05, 4.69) is 17.3 Å². The number of carbonyl (C=O) groups is 2. The summed E-state index contributed by atoms with van der Waals surface area (Å²) in [6.45, 7) is 1.49. The average Bonchev–Trinajstić information content (AvgIpc) is 3.52. The molecule has 3 heterocycles. The third-order valence-electron chi connectivity index (χ3n) is 8.86. The zero-order valence-corrected chi connectivity index (χ0v) is 29.9. The molecule has 1 fully saturated rings. The maximum atomic E-state index is 13.5. The van der Waals surface area contributed by atoms with Crippen molar-refractivity contribution < 1.29 is 38.8 Å². The van der Waals surface area contributed by atoms with E-state index in [4.69, 9.17) is 37.4 Å². The topological polar surface area (TPSA) is 121 Å². The second kappa shape index (κ2) is 16.7. The number of pyridine rings is 1. The Bertz CT molecular complexity index is 1750. The number of benzene rings is 2. The normalized spacial score (nSPS) is 16.1. The lowest BCUT2D eigenvalue weighted by Gasteiger charge is -2.32. The van der Waals surface area contributed by atoms with Crippen LogP contribution in [0.4, 0.5) is 0 Å². The maximum absolute atomic E-state index is 13.5. The highest BCUT2D eigenvalue weighted by molar-refractivity contribution is 7.14. The van der Waals surface area contributed by atoms with Crippen LogP contribution < -0.4 is 19.5 Å². The van der Waals surface area contributed by atoms with Crippen molar-refractivity contribution in [3.05, 3.63) is 109 Å². The van der Waals surface area contributed by atoms with Crippen LogP contribution in [0.3, 0.4) is 0 Å². The molecule has 2 unspecified atom stereocenters. The van der Waals surface area contributed by atoms with E-state index in [1.807, 2.05) is 42.5 Å². The number of carboxylic acid groups (broad SMARTS) is 1. The first kappa shape index (κ1) is 36.4. The molecule has 5 rings (SSSR count). The summed E-state index contributed by atoms with van der Waals surface area (Å²) in [4.78, 5) is 29.3. The van der Waals surface area contributed by atoms with Gasteiger partial charge in [0.25, 0.3) is 0 Å². The lowest BCUT2D eigenvalue weighted by molar-refractivity contribution is -0.904. The molecular weight excluding hydrogens is 689 g/mol. The van der Waals surface area contributed by atoms with Crippen LogP contribution in [-0.4, -0.2) is 67.6 Å². The highest BCUT2D eigenvalue weighted by atomic mass is 35.5. The molecule has 2 aromatic carbocycles. The van der Waals surface area contributed by atoms with Crippen molar-refractivity contribution in [1.29, 1.82) is 0 Å². The zero-order chi connectivity index (χ0) is 35.1. The second-order valence-corrected chi connectivity index (χ2v) is 13.9. The number of thiophene rings is 1. The molecular formula is C36H40Cl2N3O7S+. The molecule has 2 aromatic heterocycles. The summed E-state index contributed by atoms with van der Waals surface area (Å²) in [5, 5.41) is 24.2. The van der Waals surface area contributed by atoms with Crippen molar-refractivity contribution in [1.82, 2.24) is 10.2 Å². The number of likely N-dealkylation sites (tertiary alicyclic amines) is 1. The van der Waals surface area contributed by atoms with E-state index in [0.29, 0.717) is 34.1 Å². The lowest BCUT2D eigenvalue weighted by Crippen LogP contribution is -2.41. The molecule has 0 aliphatic carbocycles. The van der Waals surface area contributed by atoms with Gasteiger partial charge in [0.1, 0.15) is 27.6 Å². The number of rotatable bonds is 14. The SMILES string of the molecule is COc1ccc([C@H](Cc2c(Cl)c[n+](O)cc2Cl)c2cc(CNC(C(=O)OCC3CCCCN3C)c3ccccc3)sc2C(=O)O)cc1OC. The van der Waals surface area contributed by atoms with Crippen molar-refractivity contribution in [2.75, 3.05) is 34.4 Å². The number of hydrogen-bond donors (Lipinski definition) is 3. The number of hydrogen-bond acceptors (Lipinski definition) is 9. The first-order valence-corrected chi connectivity index (χ1v) is 17.5. The van der Waals surface area contributed by atoms with Crippen LogP contribution in [0.15, 0.2) is 67.0 Å². The van der Waals surface area contributed by atoms with Gasteiger partial charge in [-0.3, -0.25) is 10.5 Å². The number of carbonyl (C=O) groups excluding carboxylic acids is 1. The van der Waals surface area contributed by atoms with E-state index < -0.39 is 23.9 Å². The zero-order valence-electron chi connectivity index (χ0n) is 27.5. The van der Waals surface area contributed by atoms with Crippen molar-refractivity contribution in [3.63, 3.8) is 0 Å². The van der Waals surface area contributed by atoms with Crippen LogP contribution in [0.5, 0.6) is 11.5 Å². The largest absolute Gasteiger partial charge is 0.493 e. The summed E-state index contributed by atoms with van der Waals surface area (Å²) in [6.07, 6.45) is 6.08. The quantitative estimate of drug-likeness (QED) is 0.0756. The third-order valence-corrected chi connectivity index (χ3v) is 10.6. The predicted molar refractivity (Wildman–Crippen MR) is 187 cm³/mol. The van der Waals surface area contributed by atoms with Crippen LogP contribution >= 0.6 is 34.5 Å². The van der Waals surface area contributed by atoms with Gasteiger partial charge < -0.3 is 24.2 Å². The van der Waals surface area contributed by atoms with Crippen molar-refractivity contribution in [2.24, 2.45) is 0 Å². The molecule has 4 aromatic rings. The van der Waals surface area contributed by atoms with Gasteiger partial charge in [-0.25, -0.2) is 9.59 Å². The van der Waals surface area contributed by atoms with Gasteiger partial charge in [0, 0.05) is 33.7 Å². The molecule has 0 saturated carbocycles. The van der Waals surface area contributed by atoms with E-state index in [9.17, 15) is 19.9 Å². The molecule has 0 bridgehead atoms. The van der Waals surface area contributed by atoms with Gasteiger partial charge in [0.15, 0.2) is 11.5 Å². The number of halogens is 2. The average molecular weight is 730 g/mol. The Labute approximate surface area is 299 Å². The van der Waals surface area contributed by atoms with Crippen LogP contribution in [-0.2, 0) is 22.5 Å². The van der Waals surface area contributed by atoms with Crippen molar-refractivity contribution >= 4 is 46.5 Å². The number of methoxy groups -OCH3 is 2. The van der Waals surface area contributed by atoms with Crippen LogP contribution in [0, 0.1) is 0 Å². The van der Waals surface area contributed by atoms with Gasteiger partial charge in [0.2, 0.25) is 12.4 Å². The number of nitrogens with one attached hydrogen (secondary N) is 1. The molecule has 0 spiro atoms. The van der Waals surface area contributed by atoms with E-state index in [1.165, 1.54) is 26.6 Å². The first-order valence-electron chi connectivity index (χ1n) is 15.9. The molecule has 0 amide bonds. The molecule has 1 saturated heterocycles. The number of ether oxygens (including phenoxy) is 3. The fourth-order valence-corrected chi connectivity index (χ4v) is 7.80. The van der Waals surface area contributed by atoms with E-state index in [-0.39, 0.29) is 33.9 Å². The molecule has 10 nitrogen and oxygen atoms in total. The molecule has 3 N–H and O–H groups in total. The molecule has 49 heavy (non-hydrogen) atoms. The third kappa shape index (κ3) is 8.84. The van der Waals surface area contributed by atoms with Gasteiger partial charge >= 0.3 is 11.9 Å². The monoisotopic (exact) mass is 728 g/mol. The minimum absolute atomic E-state index is 0.135. The number of aromatic carboxylic acids is 1. The van der Waals surface area contributed by atoms with E-state index in [0.717, 1.165) is 53.0 Å². The van der Waals surface area contributed by atoms with Gasteiger partial charge in [-0.2, -0.15) is 0 Å². The predicted octanol–water partition coefficient (Wildman–Crippen LogP) is 6.53. The fourth-order valence-electron chi connectivity index (χ4n) is 6.19. The summed E-state index contributed by atoms with van der Waals surface area (Å²) >= 11 is 14.2. The molecule has 1 aliphatic heterocycles. The van der Waals surface area contributed by atoms with Crippen LogP contribution in [0.25, 0.3) is 0 Å². The Hall–Kier alpha value is -3.87. The van der Waals surface area contributed by atoms with Crippen LogP contribution in [0.1, 0.15) is 68.0 Å². The van der Waals surface area contributed by atoms with E-state index >= 15 is 0 Å². The number of esters is 1. The number of aromatic nitrogens is 1. The number of nitrogens with zero attached hydrogens (tertiary/aromatic N) is 2. The summed E-state index contributed by atoms with van der Waals surface area (Å²) in [7, 11) is 5.12. The van der Waals surface area contributed by atoms with Gasteiger partial charge in [-0.05, 0) is 67.7 Å². The Morgan fingerprint density at radius 2 is 1.73 bits per heavy atom. The van der Waals surface area contributed by atoms with E-state index in [1.54, 1.807) is 12.1 Å². The fraction of sp³-hybridized carbons (Fsp3) is 0.361. The van der Waals surface area contributed by atoms with Crippen molar-refractivity contribution in [3.8, 4) is 11.5 Å². The van der Waals surface area contributed by atoms with Gasteiger partial charge in [-0.15, -0.1) is 11.3 Å². The highest BCUT2D eigenvalue weighted by Crippen LogP contribution is 2.41.